The van der Waals surface area contributed by atoms with Gasteiger partial charge in [0.1, 0.15) is 11.7 Å². The van der Waals surface area contributed by atoms with Crippen molar-refractivity contribution in [2.24, 2.45) is 4.99 Å². The molecule has 24 heavy (non-hydrogen) atoms. The average molecular weight is 344 g/mol. The maximum Gasteiger partial charge on any atom is 0.270 e. The molecular formula is C16H16N4O3S. The fourth-order valence-corrected chi connectivity index (χ4v) is 2.95. The molecule has 0 radical (unpaired) electrons. The Morgan fingerprint density at radius 1 is 1.25 bits per heavy atom. The Balaban J connectivity index is 1.69. The van der Waals surface area contributed by atoms with Crippen molar-refractivity contribution in [2.75, 3.05) is 18.9 Å². The molecule has 0 bridgehead atoms. The van der Waals surface area contributed by atoms with Crippen LogP contribution in [0.4, 0.5) is 0 Å². The number of amidine groups is 1. The molecule has 8 heteroatoms. The number of hydrogen-bond acceptors (Lipinski definition) is 6. The Morgan fingerprint density at radius 2 is 2.08 bits per heavy atom. The second-order valence-corrected chi connectivity index (χ2v) is 6.21. The van der Waals surface area contributed by atoms with Gasteiger partial charge in [0.15, 0.2) is 5.17 Å². The molecule has 2 heterocycles. The number of thioether (sulfide) groups is 1. The minimum Gasteiger partial charge on any atom is -0.394 e. The number of aromatic nitrogens is 1. The lowest BCUT2D eigenvalue weighted by Gasteiger charge is -2.15. The van der Waals surface area contributed by atoms with Gasteiger partial charge in [-0.15, -0.1) is 0 Å². The van der Waals surface area contributed by atoms with E-state index in [1.54, 1.807) is 18.2 Å². The summed E-state index contributed by atoms with van der Waals surface area (Å²) >= 11 is 1.43. The van der Waals surface area contributed by atoms with E-state index in [4.69, 9.17) is 0 Å². The van der Waals surface area contributed by atoms with Crippen molar-refractivity contribution in [3.8, 4) is 0 Å². The van der Waals surface area contributed by atoms with Crippen molar-refractivity contribution in [3.63, 3.8) is 0 Å². The van der Waals surface area contributed by atoms with E-state index in [0.717, 1.165) is 11.1 Å². The molecule has 0 saturated heterocycles. The zero-order valence-corrected chi connectivity index (χ0v) is 13.5. The lowest BCUT2D eigenvalue weighted by molar-refractivity contribution is -0.122. The quantitative estimate of drug-likeness (QED) is 0.751. The van der Waals surface area contributed by atoms with Gasteiger partial charge in [-0.2, -0.15) is 0 Å². The van der Waals surface area contributed by atoms with Gasteiger partial charge in [0.2, 0.25) is 0 Å². The normalized spacial score (nSPS) is 15.0. The first kappa shape index (κ1) is 16.4. The molecule has 0 spiro atoms. The Kier molecular flexibility index (Phi) is 5.07. The highest BCUT2D eigenvalue weighted by atomic mass is 32.2. The standard InChI is InChI=1S/C16H16N4O3S/c21-9-13(15(23)20-16-17-7-8-24-16)19-14(22)12-6-5-10-3-1-2-4-11(10)18-12/h1-6,13,21H,7-9H2,(H,19,22)(H,17,20,23)/t13-/m0/s1. The summed E-state index contributed by atoms with van der Waals surface area (Å²) in [6.07, 6.45) is 0. The molecule has 2 aromatic rings. The summed E-state index contributed by atoms with van der Waals surface area (Å²) in [5.41, 5.74) is 0.874. The number of benzene rings is 1. The van der Waals surface area contributed by atoms with Crippen LogP contribution in [0.3, 0.4) is 0 Å². The summed E-state index contributed by atoms with van der Waals surface area (Å²) in [6, 6.07) is 9.73. The molecule has 0 fully saturated rings. The fourth-order valence-electron chi connectivity index (χ4n) is 2.22. The Morgan fingerprint density at radius 3 is 2.83 bits per heavy atom. The Hall–Kier alpha value is -2.45. The number of aliphatic imine (C=N–C) groups is 1. The molecule has 7 nitrogen and oxygen atoms in total. The van der Waals surface area contributed by atoms with Crippen LogP contribution in [0.2, 0.25) is 0 Å². The summed E-state index contributed by atoms with van der Waals surface area (Å²) in [5.74, 6) is -0.206. The number of para-hydroxylation sites is 1. The number of hydrogen-bond donors (Lipinski definition) is 3. The SMILES string of the molecule is O=C(N[C@@H](CO)C(=O)NC1=NCCS1)c1ccc2ccccc2n1. The molecule has 124 valence electrons. The molecule has 1 atom stereocenters. The third-order valence-corrected chi connectivity index (χ3v) is 4.34. The summed E-state index contributed by atoms with van der Waals surface area (Å²) in [5, 5.41) is 15.9. The van der Waals surface area contributed by atoms with Crippen LogP contribution in [0, 0.1) is 0 Å². The van der Waals surface area contributed by atoms with Gasteiger partial charge in [-0.1, -0.05) is 36.0 Å². The van der Waals surface area contributed by atoms with E-state index in [0.29, 0.717) is 17.2 Å². The number of amides is 2. The summed E-state index contributed by atoms with van der Waals surface area (Å²) < 4.78 is 0. The molecule has 0 unspecified atom stereocenters. The maximum atomic E-state index is 12.3. The predicted molar refractivity (Wildman–Crippen MR) is 93.0 cm³/mol. The minimum atomic E-state index is -1.06. The third kappa shape index (κ3) is 3.72. The van der Waals surface area contributed by atoms with Crippen LogP contribution in [0.25, 0.3) is 10.9 Å². The van der Waals surface area contributed by atoms with Crippen LogP contribution in [-0.4, -0.2) is 52.0 Å². The first-order valence-electron chi connectivity index (χ1n) is 7.43. The van der Waals surface area contributed by atoms with Gasteiger partial charge in [-0.3, -0.25) is 14.6 Å². The van der Waals surface area contributed by atoms with E-state index in [1.807, 2.05) is 18.2 Å². The Labute approximate surface area is 142 Å². The van der Waals surface area contributed by atoms with E-state index < -0.39 is 24.5 Å². The number of nitrogens with one attached hydrogen (secondary N) is 2. The Bertz CT molecular complexity index is 809. The lowest BCUT2D eigenvalue weighted by atomic mass is 10.2. The summed E-state index contributed by atoms with van der Waals surface area (Å²) in [6.45, 7) is 0.139. The molecular weight excluding hydrogens is 328 g/mol. The molecule has 0 aliphatic carbocycles. The number of aliphatic hydroxyl groups excluding tert-OH is 1. The van der Waals surface area contributed by atoms with E-state index in [9.17, 15) is 14.7 Å². The first-order valence-corrected chi connectivity index (χ1v) is 8.41. The average Bonchev–Trinajstić information content (AvgIpc) is 3.11. The second kappa shape index (κ2) is 7.41. The van der Waals surface area contributed by atoms with Crippen molar-refractivity contribution in [2.45, 2.75) is 6.04 Å². The van der Waals surface area contributed by atoms with Gasteiger partial charge in [0.25, 0.3) is 11.8 Å². The van der Waals surface area contributed by atoms with Gasteiger partial charge in [0.05, 0.1) is 18.7 Å². The molecule has 2 amide bonds. The highest BCUT2D eigenvalue weighted by Crippen LogP contribution is 2.12. The van der Waals surface area contributed by atoms with Gasteiger partial charge < -0.3 is 15.7 Å². The van der Waals surface area contributed by atoms with Crippen LogP contribution in [-0.2, 0) is 4.79 Å². The molecule has 1 aliphatic heterocycles. The van der Waals surface area contributed by atoms with Gasteiger partial charge >= 0.3 is 0 Å². The zero-order valence-electron chi connectivity index (χ0n) is 12.7. The molecule has 3 rings (SSSR count). The van der Waals surface area contributed by atoms with E-state index in [1.165, 1.54) is 11.8 Å². The third-order valence-electron chi connectivity index (χ3n) is 3.45. The molecule has 1 aromatic carbocycles. The van der Waals surface area contributed by atoms with Crippen LogP contribution in [0.5, 0.6) is 0 Å². The highest BCUT2D eigenvalue weighted by Gasteiger charge is 2.23. The number of fused-ring (bicyclic) bond motifs is 1. The van der Waals surface area contributed by atoms with Crippen LogP contribution in [0.1, 0.15) is 10.5 Å². The second-order valence-electron chi connectivity index (χ2n) is 5.12. The molecule has 1 aliphatic rings. The van der Waals surface area contributed by atoms with Gasteiger partial charge in [0, 0.05) is 11.1 Å². The van der Waals surface area contributed by atoms with Crippen LogP contribution < -0.4 is 10.6 Å². The molecule has 1 aromatic heterocycles. The number of rotatable bonds is 4. The van der Waals surface area contributed by atoms with Crippen molar-refractivity contribution < 1.29 is 14.7 Å². The smallest absolute Gasteiger partial charge is 0.270 e. The van der Waals surface area contributed by atoms with Crippen molar-refractivity contribution in [1.82, 2.24) is 15.6 Å². The first-order chi connectivity index (χ1) is 11.7. The topological polar surface area (TPSA) is 104 Å². The molecule has 0 saturated carbocycles. The highest BCUT2D eigenvalue weighted by molar-refractivity contribution is 8.14. The largest absolute Gasteiger partial charge is 0.394 e. The number of aliphatic hydroxyl groups is 1. The van der Waals surface area contributed by atoms with E-state index in [2.05, 4.69) is 20.6 Å². The van der Waals surface area contributed by atoms with E-state index in [-0.39, 0.29) is 5.69 Å². The van der Waals surface area contributed by atoms with Gasteiger partial charge in [-0.05, 0) is 12.1 Å². The monoisotopic (exact) mass is 344 g/mol. The van der Waals surface area contributed by atoms with Crippen molar-refractivity contribution in [3.05, 3.63) is 42.1 Å². The minimum absolute atomic E-state index is 0.188. The predicted octanol–water partition coefficient (Wildman–Crippen LogP) is 0.545. The number of carbonyl (C=O) groups is 2. The van der Waals surface area contributed by atoms with Crippen molar-refractivity contribution >= 4 is 39.6 Å². The lowest BCUT2D eigenvalue weighted by Crippen LogP contribution is -2.50. The zero-order chi connectivity index (χ0) is 16.9. The number of carbonyl (C=O) groups excluding carboxylic acids is 2. The van der Waals surface area contributed by atoms with Crippen molar-refractivity contribution in [1.29, 1.82) is 0 Å². The van der Waals surface area contributed by atoms with Gasteiger partial charge in [-0.25, -0.2) is 4.98 Å². The molecule has 3 N–H and O–H groups in total. The van der Waals surface area contributed by atoms with Crippen LogP contribution in [0.15, 0.2) is 41.4 Å². The maximum absolute atomic E-state index is 12.3. The fraction of sp³-hybridized carbons (Fsp3) is 0.250. The number of nitrogens with zero attached hydrogens (tertiary/aromatic N) is 2. The van der Waals surface area contributed by atoms with E-state index >= 15 is 0 Å². The summed E-state index contributed by atoms with van der Waals surface area (Å²) in [4.78, 5) is 32.8. The van der Waals surface area contributed by atoms with Crippen LogP contribution >= 0.6 is 11.8 Å². The summed E-state index contributed by atoms with van der Waals surface area (Å²) in [7, 11) is 0. The number of pyridine rings is 1.